The fraction of sp³-hybridized carbons (Fsp3) is 0.412. The fourth-order valence-corrected chi connectivity index (χ4v) is 2.83. The highest BCUT2D eigenvalue weighted by Gasteiger charge is 2.50. The molecule has 1 atom stereocenters. The van der Waals surface area contributed by atoms with Crippen LogP contribution >= 0.6 is 0 Å². The molecule has 1 aromatic carbocycles. The van der Waals surface area contributed by atoms with E-state index in [0.29, 0.717) is 18.4 Å². The van der Waals surface area contributed by atoms with Crippen molar-refractivity contribution in [3.05, 3.63) is 42.5 Å². The van der Waals surface area contributed by atoms with Crippen LogP contribution in [0.2, 0.25) is 0 Å². The van der Waals surface area contributed by atoms with E-state index in [4.69, 9.17) is 4.74 Å². The number of ether oxygens (including phenoxy) is 1. The van der Waals surface area contributed by atoms with Gasteiger partial charge in [0.1, 0.15) is 0 Å². The summed E-state index contributed by atoms with van der Waals surface area (Å²) in [7, 11) is 0. The molecule has 0 unspecified atom stereocenters. The van der Waals surface area contributed by atoms with Gasteiger partial charge in [0.2, 0.25) is 0 Å². The molecule has 3 heteroatoms. The number of carbonyl (C=O) groups is 2. The molecule has 0 radical (unpaired) electrons. The second kappa shape index (κ2) is 6.04. The van der Waals surface area contributed by atoms with Gasteiger partial charge in [0.05, 0.1) is 6.61 Å². The molecule has 1 aromatic rings. The number of ketones is 1. The summed E-state index contributed by atoms with van der Waals surface area (Å²) >= 11 is 0. The Balaban J connectivity index is 2.44. The summed E-state index contributed by atoms with van der Waals surface area (Å²) in [6.07, 6.45) is 2.60. The van der Waals surface area contributed by atoms with Gasteiger partial charge in [-0.15, -0.1) is 0 Å². The number of esters is 1. The predicted octanol–water partition coefficient (Wildman–Crippen LogP) is 3.39. The number of carbonyl (C=O) groups excluding carboxylic acids is 2. The van der Waals surface area contributed by atoms with Gasteiger partial charge in [0.25, 0.3) is 0 Å². The molecule has 0 N–H and O–H groups in total. The third kappa shape index (κ3) is 2.40. The maximum Gasteiger partial charge on any atom is 0.324 e. The van der Waals surface area contributed by atoms with Gasteiger partial charge in [-0.3, -0.25) is 9.59 Å². The van der Waals surface area contributed by atoms with Crippen molar-refractivity contribution in [2.24, 2.45) is 5.41 Å². The molecule has 0 saturated heterocycles. The lowest BCUT2D eigenvalue weighted by molar-refractivity contribution is -0.157. The van der Waals surface area contributed by atoms with Gasteiger partial charge < -0.3 is 4.74 Å². The van der Waals surface area contributed by atoms with Crippen LogP contribution in [0.15, 0.2) is 36.9 Å². The van der Waals surface area contributed by atoms with Crippen molar-refractivity contribution in [3.8, 4) is 0 Å². The average Bonchev–Trinajstić information content (AvgIpc) is 2.48. The molecule has 2 rings (SSSR count). The minimum Gasteiger partial charge on any atom is -0.465 e. The van der Waals surface area contributed by atoms with E-state index >= 15 is 0 Å². The van der Waals surface area contributed by atoms with Gasteiger partial charge in [-0.25, -0.2) is 0 Å². The van der Waals surface area contributed by atoms with E-state index in [0.717, 1.165) is 18.4 Å². The average molecular weight is 272 g/mol. The van der Waals surface area contributed by atoms with Gasteiger partial charge in [-0.05, 0) is 30.9 Å². The molecule has 20 heavy (non-hydrogen) atoms. The van der Waals surface area contributed by atoms with E-state index in [1.54, 1.807) is 6.92 Å². The first-order valence-corrected chi connectivity index (χ1v) is 7.08. The van der Waals surface area contributed by atoms with Crippen molar-refractivity contribution < 1.29 is 14.3 Å². The molecule has 0 heterocycles. The molecule has 0 aliphatic heterocycles. The van der Waals surface area contributed by atoms with Crippen LogP contribution in [-0.2, 0) is 14.3 Å². The van der Waals surface area contributed by atoms with Crippen molar-refractivity contribution in [3.63, 3.8) is 0 Å². The third-order valence-electron chi connectivity index (χ3n) is 3.94. The summed E-state index contributed by atoms with van der Waals surface area (Å²) in [4.78, 5) is 24.9. The highest BCUT2D eigenvalue weighted by Crippen LogP contribution is 2.44. The molecular weight excluding hydrogens is 252 g/mol. The summed E-state index contributed by atoms with van der Waals surface area (Å²) in [5.41, 5.74) is 0.215. The van der Waals surface area contributed by atoms with Crippen LogP contribution < -0.4 is 0 Å². The summed E-state index contributed by atoms with van der Waals surface area (Å²) in [5.74, 6) is -0.505. The lowest BCUT2D eigenvalue weighted by Gasteiger charge is -2.35. The van der Waals surface area contributed by atoms with Gasteiger partial charge in [-0.2, -0.15) is 0 Å². The summed E-state index contributed by atoms with van der Waals surface area (Å²) in [6.45, 7) is 6.08. The van der Waals surface area contributed by atoms with Crippen LogP contribution in [0.4, 0.5) is 0 Å². The maximum absolute atomic E-state index is 12.5. The second-order valence-electron chi connectivity index (χ2n) is 5.10. The molecule has 106 valence electrons. The van der Waals surface area contributed by atoms with Crippen molar-refractivity contribution in [1.82, 2.24) is 0 Å². The van der Waals surface area contributed by atoms with Crippen LogP contribution in [0.1, 0.15) is 38.2 Å². The SMILES string of the molecule is C=C(c1ccccc1)[C@]1(C(=O)OCC)CCCCC1=O. The number of hydrogen-bond acceptors (Lipinski definition) is 3. The Morgan fingerprint density at radius 1 is 1.30 bits per heavy atom. The van der Waals surface area contributed by atoms with Crippen molar-refractivity contribution >= 4 is 17.3 Å². The minimum atomic E-state index is -1.18. The number of benzene rings is 1. The predicted molar refractivity (Wildman–Crippen MR) is 78.0 cm³/mol. The van der Waals surface area contributed by atoms with E-state index in [2.05, 4.69) is 6.58 Å². The van der Waals surface area contributed by atoms with Gasteiger partial charge >= 0.3 is 5.97 Å². The Bertz CT molecular complexity index is 518. The number of Topliss-reactive ketones (excluding diaryl/α,β-unsaturated/α-hetero) is 1. The topological polar surface area (TPSA) is 43.4 Å². The molecule has 0 bridgehead atoms. The van der Waals surface area contributed by atoms with Crippen LogP contribution in [0.25, 0.3) is 5.57 Å². The molecule has 1 fully saturated rings. The monoisotopic (exact) mass is 272 g/mol. The Morgan fingerprint density at radius 3 is 2.60 bits per heavy atom. The van der Waals surface area contributed by atoms with E-state index in [1.807, 2.05) is 30.3 Å². The molecule has 1 aliphatic carbocycles. The molecule has 0 amide bonds. The minimum absolute atomic E-state index is 0.0592. The van der Waals surface area contributed by atoms with Crippen LogP contribution in [-0.4, -0.2) is 18.4 Å². The standard InChI is InChI=1S/C17H20O3/c1-3-20-16(19)17(12-8-7-11-15(17)18)13(2)14-9-5-4-6-10-14/h4-6,9-10H,2-3,7-8,11-12H2,1H3/t17-/m1/s1. The first-order chi connectivity index (χ1) is 9.63. The van der Waals surface area contributed by atoms with Crippen molar-refractivity contribution in [2.45, 2.75) is 32.6 Å². The summed E-state index contributed by atoms with van der Waals surface area (Å²) in [5, 5.41) is 0. The zero-order valence-corrected chi connectivity index (χ0v) is 11.9. The third-order valence-corrected chi connectivity index (χ3v) is 3.94. The van der Waals surface area contributed by atoms with Crippen LogP contribution in [0, 0.1) is 5.41 Å². The molecule has 0 aromatic heterocycles. The van der Waals surface area contributed by atoms with E-state index in [9.17, 15) is 9.59 Å². The van der Waals surface area contributed by atoms with Crippen molar-refractivity contribution in [2.75, 3.05) is 6.61 Å². The largest absolute Gasteiger partial charge is 0.465 e. The first kappa shape index (κ1) is 14.5. The zero-order valence-electron chi connectivity index (χ0n) is 11.9. The Kier molecular flexibility index (Phi) is 4.38. The Morgan fingerprint density at radius 2 is 2.00 bits per heavy atom. The number of hydrogen-bond donors (Lipinski definition) is 0. The van der Waals surface area contributed by atoms with Gasteiger partial charge in [0, 0.05) is 6.42 Å². The molecule has 1 saturated carbocycles. The van der Waals surface area contributed by atoms with Gasteiger partial charge in [-0.1, -0.05) is 43.3 Å². The lowest BCUT2D eigenvalue weighted by atomic mass is 9.66. The molecule has 1 aliphatic rings. The Labute approximate surface area is 119 Å². The van der Waals surface area contributed by atoms with Crippen molar-refractivity contribution in [1.29, 1.82) is 0 Å². The highest BCUT2D eigenvalue weighted by atomic mass is 16.5. The molecule has 0 spiro atoms. The van der Waals surface area contributed by atoms with E-state index in [1.165, 1.54) is 0 Å². The van der Waals surface area contributed by atoms with E-state index < -0.39 is 11.4 Å². The number of rotatable bonds is 4. The summed E-state index contributed by atoms with van der Waals surface area (Å²) in [6, 6.07) is 9.42. The second-order valence-corrected chi connectivity index (χ2v) is 5.10. The normalized spacial score (nSPS) is 22.4. The Hall–Kier alpha value is -1.90. The van der Waals surface area contributed by atoms with E-state index in [-0.39, 0.29) is 12.4 Å². The lowest BCUT2D eigenvalue weighted by Crippen LogP contribution is -2.43. The summed E-state index contributed by atoms with van der Waals surface area (Å²) < 4.78 is 5.18. The van der Waals surface area contributed by atoms with Crippen LogP contribution in [0.3, 0.4) is 0 Å². The molecular formula is C17H20O3. The maximum atomic E-state index is 12.5. The zero-order chi connectivity index (χ0) is 14.6. The first-order valence-electron chi connectivity index (χ1n) is 7.08. The van der Waals surface area contributed by atoms with Gasteiger partial charge in [0.15, 0.2) is 11.2 Å². The fourth-order valence-electron chi connectivity index (χ4n) is 2.83. The smallest absolute Gasteiger partial charge is 0.324 e. The quantitative estimate of drug-likeness (QED) is 0.623. The van der Waals surface area contributed by atoms with Crippen LogP contribution in [0.5, 0.6) is 0 Å². The highest BCUT2D eigenvalue weighted by molar-refractivity contribution is 6.14. The molecule has 3 nitrogen and oxygen atoms in total.